The van der Waals surface area contributed by atoms with Crippen LogP contribution in [0.1, 0.15) is 57.4 Å². The Morgan fingerprint density at radius 3 is 2.52 bits per heavy atom. The number of aliphatic hydroxyl groups is 1. The van der Waals surface area contributed by atoms with Gasteiger partial charge >= 0.3 is 0 Å². The molecule has 6 heteroatoms. The van der Waals surface area contributed by atoms with Gasteiger partial charge in [-0.2, -0.15) is 0 Å². The number of aryl methyl sites for hydroxylation is 1. The van der Waals surface area contributed by atoms with Crippen LogP contribution < -0.4 is 10.9 Å². The average molecular weight is 376 g/mol. The standard InChI is InChI=1S/C21H33N3O3/c1-16-8-11-24(19(25)14-16)15-21(2,27)20(26)22-17-9-12-23(13-10-17)18-6-4-3-5-7-18/h8,11,14,17-18,27H,3-7,9-10,12-13,15H2,1-2H3,(H,22,26). The summed E-state index contributed by atoms with van der Waals surface area (Å²) in [6.07, 6.45) is 10.1. The number of piperidine rings is 1. The Balaban J connectivity index is 1.51. The molecule has 3 rings (SSSR count). The van der Waals surface area contributed by atoms with E-state index in [4.69, 9.17) is 0 Å². The second-order valence-corrected chi connectivity index (χ2v) is 8.52. The number of amides is 1. The molecule has 150 valence electrons. The Bertz CT molecular complexity index is 699. The van der Waals surface area contributed by atoms with Gasteiger partial charge in [-0.15, -0.1) is 0 Å². The van der Waals surface area contributed by atoms with Crippen molar-refractivity contribution < 1.29 is 9.90 Å². The molecule has 0 spiro atoms. The molecule has 1 aromatic heterocycles. The van der Waals surface area contributed by atoms with Crippen LogP contribution >= 0.6 is 0 Å². The zero-order chi connectivity index (χ0) is 19.4. The van der Waals surface area contributed by atoms with Crippen LogP contribution in [0.25, 0.3) is 0 Å². The van der Waals surface area contributed by atoms with E-state index < -0.39 is 11.5 Å². The monoisotopic (exact) mass is 375 g/mol. The van der Waals surface area contributed by atoms with E-state index in [0.29, 0.717) is 6.04 Å². The minimum atomic E-state index is -1.61. The Labute approximate surface area is 161 Å². The van der Waals surface area contributed by atoms with Crippen molar-refractivity contribution in [2.45, 2.75) is 83.0 Å². The fourth-order valence-corrected chi connectivity index (χ4v) is 4.34. The SMILES string of the molecule is Cc1ccn(CC(C)(O)C(=O)NC2CCN(C3CCCCC3)CC2)c(=O)c1. The molecule has 2 N–H and O–H groups in total. The van der Waals surface area contributed by atoms with Crippen molar-refractivity contribution >= 4 is 5.91 Å². The lowest BCUT2D eigenvalue weighted by Crippen LogP contribution is -2.54. The normalized spacial score (nSPS) is 22.3. The van der Waals surface area contributed by atoms with E-state index in [1.165, 1.54) is 49.7 Å². The predicted molar refractivity (Wildman–Crippen MR) is 106 cm³/mol. The van der Waals surface area contributed by atoms with Gasteiger partial charge in [-0.25, -0.2) is 0 Å². The van der Waals surface area contributed by atoms with Gasteiger partial charge in [0, 0.05) is 37.4 Å². The van der Waals surface area contributed by atoms with Gasteiger partial charge in [-0.05, 0) is 51.2 Å². The van der Waals surface area contributed by atoms with Crippen LogP contribution in [-0.2, 0) is 11.3 Å². The molecule has 1 aliphatic carbocycles. The largest absolute Gasteiger partial charge is 0.378 e. The third-order valence-electron chi connectivity index (χ3n) is 6.07. The Morgan fingerprint density at radius 2 is 1.89 bits per heavy atom. The number of carbonyl (C=O) groups excluding carboxylic acids is 1. The number of pyridine rings is 1. The number of nitrogens with zero attached hydrogens (tertiary/aromatic N) is 2. The van der Waals surface area contributed by atoms with Crippen LogP contribution in [0.5, 0.6) is 0 Å². The Morgan fingerprint density at radius 1 is 1.22 bits per heavy atom. The van der Waals surface area contributed by atoms with Crippen molar-refractivity contribution in [1.82, 2.24) is 14.8 Å². The van der Waals surface area contributed by atoms with Gasteiger partial charge in [0.2, 0.25) is 0 Å². The minimum absolute atomic E-state index is 0.0428. The number of nitrogens with one attached hydrogen (secondary N) is 1. The summed E-state index contributed by atoms with van der Waals surface area (Å²) in [6, 6.07) is 4.12. The summed E-state index contributed by atoms with van der Waals surface area (Å²) >= 11 is 0. The van der Waals surface area contributed by atoms with Gasteiger partial charge < -0.3 is 19.9 Å². The summed E-state index contributed by atoms with van der Waals surface area (Å²) in [4.78, 5) is 27.2. The summed E-state index contributed by atoms with van der Waals surface area (Å²) in [5, 5.41) is 13.6. The molecule has 6 nitrogen and oxygen atoms in total. The maximum absolute atomic E-state index is 12.6. The highest BCUT2D eigenvalue weighted by atomic mass is 16.3. The second-order valence-electron chi connectivity index (χ2n) is 8.52. The quantitative estimate of drug-likeness (QED) is 0.823. The summed E-state index contributed by atoms with van der Waals surface area (Å²) < 4.78 is 1.39. The van der Waals surface area contributed by atoms with E-state index in [1.807, 2.05) is 6.92 Å². The maximum Gasteiger partial charge on any atom is 0.253 e. The Hall–Kier alpha value is -1.66. The molecule has 0 aromatic carbocycles. The molecule has 2 aliphatic rings. The van der Waals surface area contributed by atoms with Gasteiger partial charge in [0.15, 0.2) is 5.60 Å². The summed E-state index contributed by atoms with van der Waals surface area (Å²) in [5.41, 5.74) is -0.950. The first-order valence-corrected chi connectivity index (χ1v) is 10.3. The predicted octanol–water partition coefficient (Wildman–Crippen LogP) is 1.82. The molecule has 27 heavy (non-hydrogen) atoms. The lowest BCUT2D eigenvalue weighted by Gasteiger charge is -2.40. The highest BCUT2D eigenvalue weighted by Gasteiger charge is 2.34. The van der Waals surface area contributed by atoms with Gasteiger partial charge in [-0.1, -0.05) is 19.3 Å². The van der Waals surface area contributed by atoms with Crippen molar-refractivity contribution in [3.05, 3.63) is 34.2 Å². The zero-order valence-corrected chi connectivity index (χ0v) is 16.6. The number of carbonyl (C=O) groups is 1. The van der Waals surface area contributed by atoms with Crippen molar-refractivity contribution in [3.8, 4) is 0 Å². The van der Waals surface area contributed by atoms with E-state index in [2.05, 4.69) is 10.2 Å². The lowest BCUT2D eigenvalue weighted by molar-refractivity contribution is -0.140. The number of aromatic nitrogens is 1. The molecule has 1 saturated heterocycles. The molecule has 0 radical (unpaired) electrons. The van der Waals surface area contributed by atoms with Gasteiger partial charge in [-0.3, -0.25) is 9.59 Å². The summed E-state index contributed by atoms with van der Waals surface area (Å²) in [7, 11) is 0. The maximum atomic E-state index is 12.6. The van der Waals surface area contributed by atoms with Crippen LogP contribution in [0.4, 0.5) is 0 Å². The molecular formula is C21H33N3O3. The van der Waals surface area contributed by atoms with E-state index in [0.717, 1.165) is 31.5 Å². The van der Waals surface area contributed by atoms with E-state index in [9.17, 15) is 14.7 Å². The Kier molecular flexibility index (Phi) is 6.37. The van der Waals surface area contributed by atoms with E-state index >= 15 is 0 Å². The topological polar surface area (TPSA) is 74.6 Å². The lowest BCUT2D eigenvalue weighted by atomic mass is 9.92. The number of hydrogen-bond acceptors (Lipinski definition) is 4. The van der Waals surface area contributed by atoms with Crippen LogP contribution in [0.2, 0.25) is 0 Å². The summed E-state index contributed by atoms with van der Waals surface area (Å²) in [6.45, 7) is 5.30. The molecule has 1 aliphatic heterocycles. The van der Waals surface area contributed by atoms with E-state index in [-0.39, 0.29) is 18.1 Å². The van der Waals surface area contributed by atoms with Crippen LogP contribution in [-0.4, -0.2) is 51.3 Å². The minimum Gasteiger partial charge on any atom is -0.378 e. The molecule has 2 fully saturated rings. The molecule has 1 amide bonds. The van der Waals surface area contributed by atoms with Gasteiger partial charge in [0.05, 0.1) is 6.54 Å². The first-order chi connectivity index (χ1) is 12.8. The molecule has 0 bridgehead atoms. The average Bonchev–Trinajstić information content (AvgIpc) is 2.65. The highest BCUT2D eigenvalue weighted by molar-refractivity contribution is 5.84. The van der Waals surface area contributed by atoms with Crippen molar-refractivity contribution in [3.63, 3.8) is 0 Å². The smallest absolute Gasteiger partial charge is 0.253 e. The van der Waals surface area contributed by atoms with E-state index in [1.54, 1.807) is 12.3 Å². The molecular weight excluding hydrogens is 342 g/mol. The van der Waals surface area contributed by atoms with Gasteiger partial charge in [0.25, 0.3) is 11.5 Å². The molecule has 1 atom stereocenters. The first-order valence-electron chi connectivity index (χ1n) is 10.3. The first kappa shape index (κ1) is 20.1. The van der Waals surface area contributed by atoms with Crippen molar-refractivity contribution in [2.75, 3.05) is 13.1 Å². The van der Waals surface area contributed by atoms with Crippen LogP contribution in [0.3, 0.4) is 0 Å². The third kappa shape index (κ3) is 5.20. The fourth-order valence-electron chi connectivity index (χ4n) is 4.34. The number of hydrogen-bond donors (Lipinski definition) is 2. The number of rotatable bonds is 5. The number of likely N-dealkylation sites (tertiary alicyclic amines) is 1. The zero-order valence-electron chi connectivity index (χ0n) is 16.6. The molecule has 2 heterocycles. The summed E-state index contributed by atoms with van der Waals surface area (Å²) in [5.74, 6) is -0.397. The molecule has 1 aromatic rings. The third-order valence-corrected chi connectivity index (χ3v) is 6.07. The van der Waals surface area contributed by atoms with Gasteiger partial charge in [0.1, 0.15) is 0 Å². The van der Waals surface area contributed by atoms with Crippen molar-refractivity contribution in [2.24, 2.45) is 0 Å². The van der Waals surface area contributed by atoms with Crippen LogP contribution in [0, 0.1) is 6.92 Å². The second kappa shape index (κ2) is 8.57. The van der Waals surface area contributed by atoms with Crippen molar-refractivity contribution in [1.29, 1.82) is 0 Å². The fraction of sp³-hybridized carbons (Fsp3) is 0.714. The molecule has 1 unspecified atom stereocenters. The molecule has 1 saturated carbocycles. The highest BCUT2D eigenvalue weighted by Crippen LogP contribution is 2.25. The van der Waals surface area contributed by atoms with Crippen LogP contribution in [0.15, 0.2) is 23.1 Å².